The lowest BCUT2D eigenvalue weighted by atomic mass is 9.80. The Morgan fingerprint density at radius 2 is 1.76 bits per heavy atom. The third kappa shape index (κ3) is 4.90. The number of aromatic nitrogens is 4. The van der Waals surface area contributed by atoms with Gasteiger partial charge in [-0.05, 0) is 73.4 Å². The molecule has 1 fully saturated rings. The molecule has 1 unspecified atom stereocenters. The minimum atomic E-state index is -0.436. The lowest BCUT2D eigenvalue weighted by molar-refractivity contribution is -0.120. The van der Waals surface area contributed by atoms with Gasteiger partial charge >= 0.3 is 0 Å². The van der Waals surface area contributed by atoms with Crippen LogP contribution in [-0.4, -0.2) is 31.8 Å². The Bertz CT molecular complexity index is 1420. The van der Waals surface area contributed by atoms with Crippen LogP contribution in [0.1, 0.15) is 60.3 Å². The van der Waals surface area contributed by atoms with Crippen LogP contribution in [0.25, 0.3) is 5.69 Å². The largest absolute Gasteiger partial charge is 0.474 e. The summed E-state index contributed by atoms with van der Waals surface area (Å²) in [6.45, 7) is 0. The van der Waals surface area contributed by atoms with E-state index in [-0.39, 0.29) is 23.8 Å². The van der Waals surface area contributed by atoms with Gasteiger partial charge in [0.05, 0.1) is 11.6 Å². The van der Waals surface area contributed by atoms with Crippen molar-refractivity contribution in [3.63, 3.8) is 0 Å². The van der Waals surface area contributed by atoms with Gasteiger partial charge in [-0.15, -0.1) is 10.2 Å². The van der Waals surface area contributed by atoms with Gasteiger partial charge in [0.15, 0.2) is 0 Å². The molecular formula is C30H30ClN5O2. The van der Waals surface area contributed by atoms with Gasteiger partial charge < -0.3 is 10.5 Å². The molecule has 2 aliphatic rings. The molecule has 194 valence electrons. The van der Waals surface area contributed by atoms with E-state index in [2.05, 4.69) is 14.6 Å². The van der Waals surface area contributed by atoms with Crippen molar-refractivity contribution in [3.8, 4) is 11.6 Å². The molecule has 6 rings (SSSR count). The highest BCUT2D eigenvalue weighted by molar-refractivity contribution is 6.30. The van der Waals surface area contributed by atoms with Gasteiger partial charge in [0.25, 0.3) is 0 Å². The van der Waals surface area contributed by atoms with E-state index < -0.39 is 5.92 Å². The molecular weight excluding hydrogens is 498 g/mol. The van der Waals surface area contributed by atoms with Gasteiger partial charge in [-0.2, -0.15) is 0 Å². The lowest BCUT2D eigenvalue weighted by Crippen LogP contribution is -2.30. The fourth-order valence-corrected chi connectivity index (χ4v) is 6.30. The maximum absolute atomic E-state index is 12.8. The van der Waals surface area contributed by atoms with Gasteiger partial charge in [0.1, 0.15) is 17.8 Å². The Morgan fingerprint density at radius 1 is 0.974 bits per heavy atom. The second-order valence-electron chi connectivity index (χ2n) is 10.3. The van der Waals surface area contributed by atoms with E-state index in [1.807, 2.05) is 66.7 Å². The zero-order valence-electron chi connectivity index (χ0n) is 21.0. The zero-order chi connectivity index (χ0) is 26.1. The smallest absolute Gasteiger partial charge is 0.225 e. The molecule has 0 bridgehead atoms. The fourth-order valence-electron chi connectivity index (χ4n) is 6.11. The summed E-state index contributed by atoms with van der Waals surface area (Å²) in [5.74, 6) is 1.94. The van der Waals surface area contributed by atoms with Crippen LogP contribution in [0.5, 0.6) is 5.88 Å². The summed E-state index contributed by atoms with van der Waals surface area (Å²) in [6.07, 6.45) is 6.93. The van der Waals surface area contributed by atoms with Crippen molar-refractivity contribution in [1.29, 1.82) is 0 Å². The zero-order valence-corrected chi connectivity index (χ0v) is 21.8. The quantitative estimate of drug-likeness (QED) is 0.362. The number of amides is 1. The molecule has 8 heteroatoms. The number of hydrogen-bond acceptors (Lipinski definition) is 5. The molecule has 2 atom stereocenters. The Kier molecular flexibility index (Phi) is 6.85. The number of pyridine rings is 1. The van der Waals surface area contributed by atoms with Crippen LogP contribution in [0, 0.1) is 5.92 Å². The summed E-state index contributed by atoms with van der Waals surface area (Å²) in [5, 5.41) is 10.1. The average molecular weight is 528 g/mol. The molecule has 1 aliphatic heterocycles. The highest BCUT2D eigenvalue weighted by atomic mass is 35.5. The molecule has 2 N–H and O–H groups in total. The first kappa shape index (κ1) is 24.6. The average Bonchev–Trinajstić information content (AvgIpc) is 3.26. The minimum absolute atomic E-state index is 0.0621. The van der Waals surface area contributed by atoms with E-state index in [1.54, 1.807) is 6.20 Å². The maximum atomic E-state index is 12.8. The Labute approximate surface area is 227 Å². The molecule has 0 radical (unpaired) electrons. The fraction of sp³-hybridized carbons (Fsp3) is 0.333. The molecule has 1 saturated carbocycles. The van der Waals surface area contributed by atoms with Crippen molar-refractivity contribution in [1.82, 2.24) is 19.7 Å². The van der Waals surface area contributed by atoms with E-state index in [1.165, 1.54) is 0 Å². The van der Waals surface area contributed by atoms with Crippen molar-refractivity contribution < 1.29 is 9.53 Å². The molecule has 0 spiro atoms. The molecule has 2 aromatic carbocycles. The Balaban J connectivity index is 1.31. The number of nitrogens with zero attached hydrogens (tertiary/aromatic N) is 4. The number of primary amides is 1. The predicted octanol–water partition coefficient (Wildman–Crippen LogP) is 5.40. The minimum Gasteiger partial charge on any atom is -0.474 e. The number of carbonyl (C=O) groups excluding carboxylic acids is 1. The van der Waals surface area contributed by atoms with Crippen molar-refractivity contribution in [2.45, 2.75) is 56.5 Å². The van der Waals surface area contributed by atoms with E-state index in [0.717, 1.165) is 54.1 Å². The van der Waals surface area contributed by atoms with E-state index in [0.29, 0.717) is 23.7 Å². The maximum Gasteiger partial charge on any atom is 0.225 e. The number of benzene rings is 2. The number of rotatable bonds is 6. The molecule has 3 heterocycles. The second kappa shape index (κ2) is 10.6. The summed E-state index contributed by atoms with van der Waals surface area (Å²) in [7, 11) is 0. The number of fused-ring (bicyclic) bond motifs is 3. The summed E-state index contributed by atoms with van der Waals surface area (Å²) < 4.78 is 8.32. The molecule has 0 saturated heterocycles. The number of halogens is 1. The molecule has 2 aromatic heterocycles. The SMILES string of the molecule is NC(=O)C(c1ccccc1)[C@@H]1Cc2cc(Cl)ccc2-n2c(nnc2[C@H]2CC[C@H](Oc3ccccn3)CC2)C1. The Morgan fingerprint density at radius 3 is 2.50 bits per heavy atom. The third-order valence-electron chi connectivity index (χ3n) is 7.87. The third-order valence-corrected chi connectivity index (χ3v) is 8.10. The van der Waals surface area contributed by atoms with Crippen LogP contribution < -0.4 is 10.5 Å². The van der Waals surface area contributed by atoms with E-state index in [9.17, 15) is 4.79 Å². The van der Waals surface area contributed by atoms with Crippen LogP contribution in [0.15, 0.2) is 72.9 Å². The molecule has 4 aromatic rings. The highest BCUT2D eigenvalue weighted by Gasteiger charge is 2.36. The number of ether oxygens (including phenoxy) is 1. The summed E-state index contributed by atoms with van der Waals surface area (Å²) in [5.41, 5.74) is 9.03. The number of carbonyl (C=O) groups is 1. The monoisotopic (exact) mass is 527 g/mol. The van der Waals surface area contributed by atoms with Crippen LogP contribution in [-0.2, 0) is 17.6 Å². The van der Waals surface area contributed by atoms with Gasteiger partial charge in [0, 0.05) is 29.6 Å². The van der Waals surface area contributed by atoms with Crippen LogP contribution in [0.2, 0.25) is 5.02 Å². The summed E-state index contributed by atoms with van der Waals surface area (Å²) in [4.78, 5) is 17.1. The molecule has 1 aliphatic carbocycles. The number of hydrogen-bond donors (Lipinski definition) is 1. The van der Waals surface area contributed by atoms with Crippen LogP contribution in [0.3, 0.4) is 0 Å². The predicted molar refractivity (Wildman–Crippen MR) is 146 cm³/mol. The lowest BCUT2D eigenvalue weighted by Gasteiger charge is -2.28. The normalized spacial score (nSPS) is 21.6. The summed E-state index contributed by atoms with van der Waals surface area (Å²) >= 11 is 6.46. The van der Waals surface area contributed by atoms with Crippen LogP contribution in [0.4, 0.5) is 0 Å². The topological polar surface area (TPSA) is 95.9 Å². The standard InChI is InChI=1S/C30H30ClN5O2/c31-23-11-14-25-21(17-23)16-22(28(29(32)37)19-6-2-1-3-7-19)18-26-34-35-30(36(25)26)20-9-12-24(13-10-20)38-27-8-4-5-15-33-27/h1-8,11,14-15,17,20,22,24,28H,9-10,12-13,16,18H2,(H2,32,37)/t20-,22-,24-,28?/m1/s1. The highest BCUT2D eigenvalue weighted by Crippen LogP contribution is 2.40. The van der Waals surface area contributed by atoms with Gasteiger partial charge in [-0.1, -0.05) is 48.0 Å². The first-order valence-electron chi connectivity index (χ1n) is 13.2. The first-order chi connectivity index (χ1) is 18.6. The van der Waals surface area contributed by atoms with Crippen molar-refractivity contribution in [3.05, 3.63) is 101 Å². The molecule has 7 nitrogen and oxygen atoms in total. The Hall–Kier alpha value is -3.71. The first-order valence-corrected chi connectivity index (χ1v) is 13.6. The second-order valence-corrected chi connectivity index (χ2v) is 10.7. The number of nitrogens with two attached hydrogens (primary N) is 1. The van der Waals surface area contributed by atoms with E-state index in [4.69, 9.17) is 27.2 Å². The molecule has 38 heavy (non-hydrogen) atoms. The molecule has 1 amide bonds. The van der Waals surface area contributed by atoms with E-state index >= 15 is 0 Å². The van der Waals surface area contributed by atoms with Crippen LogP contribution >= 0.6 is 11.6 Å². The van der Waals surface area contributed by atoms with Gasteiger partial charge in [0.2, 0.25) is 11.8 Å². The summed E-state index contributed by atoms with van der Waals surface area (Å²) in [6, 6.07) is 21.5. The van der Waals surface area contributed by atoms with Gasteiger partial charge in [-0.3, -0.25) is 9.36 Å². The van der Waals surface area contributed by atoms with Gasteiger partial charge in [-0.25, -0.2) is 4.98 Å². The van der Waals surface area contributed by atoms with Crippen molar-refractivity contribution in [2.24, 2.45) is 11.7 Å². The van der Waals surface area contributed by atoms with Crippen molar-refractivity contribution in [2.75, 3.05) is 0 Å². The van der Waals surface area contributed by atoms with Crippen molar-refractivity contribution >= 4 is 17.5 Å².